The number of rotatable bonds is 5. The third kappa shape index (κ3) is 5.15. The predicted octanol–water partition coefficient (Wildman–Crippen LogP) is 4.59. The number of aryl methyl sites for hydroxylation is 1. The molecular weight excluding hydrogens is 402 g/mol. The summed E-state index contributed by atoms with van der Waals surface area (Å²) in [7, 11) is 0. The lowest BCUT2D eigenvalue weighted by molar-refractivity contribution is -0.146. The molecular formula is C27H27NO4. The van der Waals surface area contributed by atoms with Gasteiger partial charge in [-0.15, -0.1) is 0 Å². The molecule has 2 aromatic carbocycles. The van der Waals surface area contributed by atoms with Gasteiger partial charge in [-0.3, -0.25) is 9.79 Å². The van der Waals surface area contributed by atoms with Gasteiger partial charge in [-0.25, -0.2) is 4.79 Å². The second-order valence-electron chi connectivity index (χ2n) is 7.45. The summed E-state index contributed by atoms with van der Waals surface area (Å²) in [5.41, 5.74) is 3.95. The molecule has 164 valence electrons. The van der Waals surface area contributed by atoms with E-state index >= 15 is 0 Å². The summed E-state index contributed by atoms with van der Waals surface area (Å²) in [6.07, 6.45) is 0. The molecule has 5 nitrogen and oxygen atoms in total. The summed E-state index contributed by atoms with van der Waals surface area (Å²) in [4.78, 5) is 30.7. The van der Waals surface area contributed by atoms with E-state index in [0.717, 1.165) is 16.7 Å². The van der Waals surface area contributed by atoms with E-state index in [1.807, 2.05) is 61.5 Å². The summed E-state index contributed by atoms with van der Waals surface area (Å²) in [5, 5.41) is 0. The Morgan fingerprint density at radius 2 is 1.69 bits per heavy atom. The van der Waals surface area contributed by atoms with E-state index in [2.05, 4.69) is 16.8 Å². The van der Waals surface area contributed by atoms with Gasteiger partial charge in [0, 0.05) is 16.8 Å². The third-order valence-electron chi connectivity index (χ3n) is 5.11. The van der Waals surface area contributed by atoms with E-state index in [1.54, 1.807) is 20.8 Å². The fraction of sp³-hybridized carbons (Fsp3) is 0.296. The first-order valence-electron chi connectivity index (χ1n) is 10.7. The van der Waals surface area contributed by atoms with Crippen LogP contribution < -0.4 is 0 Å². The Hall–Kier alpha value is -3.65. The first kappa shape index (κ1) is 23.0. The normalized spacial score (nSPS) is 17.7. The third-order valence-corrected chi connectivity index (χ3v) is 5.11. The molecule has 32 heavy (non-hydrogen) atoms. The Morgan fingerprint density at radius 1 is 0.969 bits per heavy atom. The topological polar surface area (TPSA) is 65.0 Å². The lowest BCUT2D eigenvalue weighted by Crippen LogP contribution is -2.37. The molecule has 3 rings (SSSR count). The smallest absolute Gasteiger partial charge is 0.337 e. The average Bonchev–Trinajstić information content (AvgIpc) is 2.78. The quantitative estimate of drug-likeness (QED) is 0.515. The van der Waals surface area contributed by atoms with Crippen molar-refractivity contribution in [3.8, 4) is 11.8 Å². The van der Waals surface area contributed by atoms with Gasteiger partial charge < -0.3 is 9.47 Å². The molecule has 0 amide bonds. The van der Waals surface area contributed by atoms with Crippen LogP contribution in [0.2, 0.25) is 0 Å². The van der Waals surface area contributed by atoms with Gasteiger partial charge in [0.05, 0.1) is 30.4 Å². The van der Waals surface area contributed by atoms with Crippen LogP contribution in [0, 0.1) is 30.6 Å². The van der Waals surface area contributed by atoms with Crippen LogP contribution in [0.4, 0.5) is 0 Å². The molecule has 2 aromatic rings. The molecule has 0 N–H and O–H groups in total. The van der Waals surface area contributed by atoms with E-state index < -0.39 is 23.8 Å². The number of esters is 2. The summed E-state index contributed by atoms with van der Waals surface area (Å²) < 4.78 is 10.7. The SMILES string of the molecule is CCOC(=O)C1=C(c2ccccc2)N=C(C)C(C(=O)OCC)C1C#Cc1cccc(C)c1. The molecule has 2 atom stereocenters. The van der Waals surface area contributed by atoms with Crippen molar-refractivity contribution >= 4 is 23.3 Å². The van der Waals surface area contributed by atoms with Crippen molar-refractivity contribution in [2.24, 2.45) is 16.8 Å². The molecule has 0 bridgehead atoms. The number of carbonyl (C=O) groups excluding carboxylic acids is 2. The molecule has 5 heteroatoms. The van der Waals surface area contributed by atoms with E-state index in [9.17, 15) is 9.59 Å². The second-order valence-corrected chi connectivity index (χ2v) is 7.45. The molecule has 0 aliphatic carbocycles. The zero-order valence-corrected chi connectivity index (χ0v) is 18.8. The minimum absolute atomic E-state index is 0.204. The highest BCUT2D eigenvalue weighted by Gasteiger charge is 2.41. The van der Waals surface area contributed by atoms with Gasteiger partial charge >= 0.3 is 11.9 Å². The van der Waals surface area contributed by atoms with Gasteiger partial charge in [-0.2, -0.15) is 0 Å². The molecule has 0 saturated carbocycles. The van der Waals surface area contributed by atoms with Gasteiger partial charge in [-0.1, -0.05) is 54.3 Å². The van der Waals surface area contributed by atoms with Crippen LogP contribution in [0.3, 0.4) is 0 Å². The molecule has 0 radical (unpaired) electrons. The van der Waals surface area contributed by atoms with Crippen molar-refractivity contribution in [2.45, 2.75) is 27.7 Å². The molecule has 0 fully saturated rings. The molecule has 1 aliphatic heterocycles. The second kappa shape index (κ2) is 10.6. The molecule has 1 aliphatic rings. The average molecular weight is 430 g/mol. The highest BCUT2D eigenvalue weighted by molar-refractivity contribution is 6.11. The van der Waals surface area contributed by atoms with E-state index in [-0.39, 0.29) is 18.8 Å². The highest BCUT2D eigenvalue weighted by atomic mass is 16.5. The Kier molecular flexibility index (Phi) is 7.62. The summed E-state index contributed by atoms with van der Waals surface area (Å²) >= 11 is 0. The van der Waals surface area contributed by atoms with Crippen LogP contribution in [-0.4, -0.2) is 30.9 Å². The number of carbonyl (C=O) groups is 2. The zero-order valence-electron chi connectivity index (χ0n) is 18.8. The molecule has 1 heterocycles. The number of hydrogen-bond donors (Lipinski definition) is 0. The van der Waals surface area contributed by atoms with Crippen molar-refractivity contribution in [1.29, 1.82) is 0 Å². The van der Waals surface area contributed by atoms with Gasteiger partial charge in [0.25, 0.3) is 0 Å². The van der Waals surface area contributed by atoms with E-state index in [0.29, 0.717) is 11.4 Å². The largest absolute Gasteiger partial charge is 0.465 e. The minimum atomic E-state index is -0.792. The van der Waals surface area contributed by atoms with E-state index in [4.69, 9.17) is 9.47 Å². The van der Waals surface area contributed by atoms with Crippen LogP contribution in [0.5, 0.6) is 0 Å². The molecule has 0 saturated heterocycles. The van der Waals surface area contributed by atoms with Crippen molar-refractivity contribution in [2.75, 3.05) is 13.2 Å². The number of hydrogen-bond acceptors (Lipinski definition) is 5. The summed E-state index contributed by atoms with van der Waals surface area (Å²) in [6.45, 7) is 7.68. The van der Waals surface area contributed by atoms with Crippen LogP contribution in [0.25, 0.3) is 5.70 Å². The molecule has 0 aromatic heterocycles. The lowest BCUT2D eigenvalue weighted by atomic mass is 9.79. The number of aliphatic imine (C=N–C) groups is 1. The van der Waals surface area contributed by atoms with Gasteiger partial charge in [0.15, 0.2) is 0 Å². The van der Waals surface area contributed by atoms with Crippen molar-refractivity contribution in [1.82, 2.24) is 0 Å². The van der Waals surface area contributed by atoms with Crippen LogP contribution in [-0.2, 0) is 19.1 Å². The van der Waals surface area contributed by atoms with Crippen LogP contribution >= 0.6 is 0 Å². The molecule has 0 spiro atoms. The van der Waals surface area contributed by atoms with Gasteiger partial charge in [-0.05, 0) is 45.4 Å². The Morgan fingerprint density at radius 3 is 2.34 bits per heavy atom. The first-order chi connectivity index (χ1) is 15.5. The fourth-order valence-electron chi connectivity index (χ4n) is 3.69. The van der Waals surface area contributed by atoms with Gasteiger partial charge in [0.1, 0.15) is 5.92 Å². The standard InChI is InChI=1S/C27H27NO4/c1-5-31-26(29)23-19(4)28-25(21-13-8-7-9-14-21)24(27(30)32-6-2)22(23)16-15-20-12-10-11-18(3)17-20/h7-14,17,22-23H,5-6H2,1-4H3. The van der Waals surface area contributed by atoms with Crippen molar-refractivity contribution in [3.05, 3.63) is 76.9 Å². The monoisotopic (exact) mass is 429 g/mol. The fourth-order valence-corrected chi connectivity index (χ4v) is 3.69. The maximum absolute atomic E-state index is 13.1. The zero-order chi connectivity index (χ0) is 23.1. The Labute approximate surface area is 189 Å². The van der Waals surface area contributed by atoms with Crippen molar-refractivity contribution < 1.29 is 19.1 Å². The summed E-state index contributed by atoms with van der Waals surface area (Å²) in [6, 6.07) is 17.2. The highest BCUT2D eigenvalue weighted by Crippen LogP contribution is 2.37. The van der Waals surface area contributed by atoms with Gasteiger partial charge in [0.2, 0.25) is 0 Å². The number of ether oxygens (including phenoxy) is 2. The van der Waals surface area contributed by atoms with E-state index in [1.165, 1.54) is 0 Å². The molecule has 2 unspecified atom stereocenters. The first-order valence-corrected chi connectivity index (χ1v) is 10.7. The Balaban J connectivity index is 2.22. The lowest BCUT2D eigenvalue weighted by Gasteiger charge is -2.28. The maximum atomic E-state index is 13.1. The maximum Gasteiger partial charge on any atom is 0.337 e. The summed E-state index contributed by atoms with van der Waals surface area (Å²) in [5.74, 6) is 3.81. The Bertz CT molecular complexity index is 1120. The van der Waals surface area contributed by atoms with Crippen LogP contribution in [0.15, 0.2) is 65.2 Å². The number of nitrogens with zero attached hydrogens (tertiary/aromatic N) is 1. The minimum Gasteiger partial charge on any atom is -0.465 e. The number of benzene rings is 2. The predicted molar refractivity (Wildman–Crippen MR) is 125 cm³/mol. The van der Waals surface area contributed by atoms with Crippen molar-refractivity contribution in [3.63, 3.8) is 0 Å². The van der Waals surface area contributed by atoms with Crippen LogP contribution in [0.1, 0.15) is 37.5 Å².